The summed E-state index contributed by atoms with van der Waals surface area (Å²) in [7, 11) is -3.82. The number of benzene rings is 2. The van der Waals surface area contributed by atoms with Crippen molar-refractivity contribution in [2.45, 2.75) is 11.4 Å². The molecule has 0 radical (unpaired) electrons. The first kappa shape index (κ1) is 16.9. The number of aromatic nitrogens is 2. The molecule has 2 aromatic carbocycles. The van der Waals surface area contributed by atoms with Gasteiger partial charge in [-0.3, -0.25) is 9.48 Å². The first-order valence-corrected chi connectivity index (χ1v) is 8.97. The normalized spacial score (nSPS) is 11.2. The van der Waals surface area contributed by atoms with Crippen molar-refractivity contribution in [3.63, 3.8) is 0 Å². The van der Waals surface area contributed by atoms with Gasteiger partial charge in [-0.1, -0.05) is 42.5 Å². The van der Waals surface area contributed by atoms with Gasteiger partial charge in [-0.05, 0) is 23.3 Å². The maximum Gasteiger partial charge on any atom is 0.246 e. The van der Waals surface area contributed by atoms with Gasteiger partial charge in [0.1, 0.15) is 11.4 Å². The van der Waals surface area contributed by atoms with E-state index in [0.717, 1.165) is 17.3 Å². The molecular formula is C17H16N4O3S. The lowest BCUT2D eigenvalue weighted by Gasteiger charge is -2.07. The highest BCUT2D eigenvalue weighted by Crippen LogP contribution is 2.21. The van der Waals surface area contributed by atoms with Crippen LogP contribution in [0.2, 0.25) is 0 Å². The number of anilines is 1. The van der Waals surface area contributed by atoms with Gasteiger partial charge in [-0.15, -0.1) is 0 Å². The van der Waals surface area contributed by atoms with Gasteiger partial charge in [0.25, 0.3) is 0 Å². The molecule has 7 nitrogen and oxygen atoms in total. The van der Waals surface area contributed by atoms with Crippen molar-refractivity contribution >= 4 is 21.6 Å². The number of sulfonamides is 1. The second-order valence-corrected chi connectivity index (χ2v) is 6.97. The van der Waals surface area contributed by atoms with Gasteiger partial charge in [-0.2, -0.15) is 5.10 Å². The third kappa shape index (κ3) is 4.31. The summed E-state index contributed by atoms with van der Waals surface area (Å²) in [5.41, 5.74) is 2.78. The minimum Gasteiger partial charge on any atom is -0.324 e. The summed E-state index contributed by atoms with van der Waals surface area (Å²) in [5, 5.41) is 11.6. The first-order chi connectivity index (χ1) is 11.9. The SMILES string of the molecule is NS(=O)(=O)c1cnn(CC(=O)Nc2ccc(-c3ccccc3)cc2)c1. The van der Waals surface area contributed by atoms with Crippen LogP contribution in [0.1, 0.15) is 0 Å². The zero-order chi connectivity index (χ0) is 17.9. The minimum atomic E-state index is -3.82. The Balaban J connectivity index is 1.64. The minimum absolute atomic E-state index is 0.115. The number of nitrogens with one attached hydrogen (secondary N) is 1. The Bertz CT molecular complexity index is 980. The summed E-state index contributed by atoms with van der Waals surface area (Å²) in [5.74, 6) is -0.323. The zero-order valence-corrected chi connectivity index (χ0v) is 14.0. The highest BCUT2D eigenvalue weighted by molar-refractivity contribution is 7.89. The van der Waals surface area contributed by atoms with E-state index in [2.05, 4.69) is 10.4 Å². The zero-order valence-electron chi connectivity index (χ0n) is 13.2. The van der Waals surface area contributed by atoms with E-state index in [9.17, 15) is 13.2 Å². The Hall–Kier alpha value is -2.97. The average molecular weight is 356 g/mol. The van der Waals surface area contributed by atoms with E-state index in [-0.39, 0.29) is 17.3 Å². The summed E-state index contributed by atoms with van der Waals surface area (Å²) in [6.07, 6.45) is 2.32. The molecule has 25 heavy (non-hydrogen) atoms. The predicted molar refractivity (Wildman–Crippen MR) is 94.1 cm³/mol. The lowest BCUT2D eigenvalue weighted by Crippen LogP contribution is -2.19. The molecule has 0 saturated carbocycles. The summed E-state index contributed by atoms with van der Waals surface area (Å²) >= 11 is 0. The van der Waals surface area contributed by atoms with Crippen LogP contribution in [0.5, 0.6) is 0 Å². The maximum atomic E-state index is 12.0. The molecule has 0 saturated heterocycles. The smallest absolute Gasteiger partial charge is 0.246 e. The number of hydrogen-bond acceptors (Lipinski definition) is 4. The molecule has 0 aliphatic rings. The van der Waals surface area contributed by atoms with Crippen molar-refractivity contribution in [3.05, 3.63) is 67.0 Å². The molecule has 0 bridgehead atoms. The van der Waals surface area contributed by atoms with Crippen LogP contribution in [0, 0.1) is 0 Å². The molecule has 0 spiro atoms. The molecule has 3 rings (SSSR count). The number of carbonyl (C=O) groups excluding carboxylic acids is 1. The van der Waals surface area contributed by atoms with Crippen LogP contribution in [-0.4, -0.2) is 24.1 Å². The molecular weight excluding hydrogens is 340 g/mol. The average Bonchev–Trinajstić information content (AvgIpc) is 3.05. The third-order valence-corrected chi connectivity index (χ3v) is 4.39. The van der Waals surface area contributed by atoms with E-state index >= 15 is 0 Å². The van der Waals surface area contributed by atoms with Crippen molar-refractivity contribution in [2.75, 3.05) is 5.32 Å². The standard InChI is InChI=1S/C17H16N4O3S/c18-25(23,24)16-10-19-21(11-16)12-17(22)20-15-8-6-14(7-9-15)13-4-2-1-3-5-13/h1-11H,12H2,(H,20,22)(H2,18,23,24). The number of nitrogens with two attached hydrogens (primary N) is 1. The molecule has 1 heterocycles. The van der Waals surface area contributed by atoms with Crippen molar-refractivity contribution in [1.29, 1.82) is 0 Å². The van der Waals surface area contributed by atoms with Gasteiger partial charge in [-0.25, -0.2) is 13.6 Å². The molecule has 0 aliphatic heterocycles. The van der Waals surface area contributed by atoms with Crippen LogP contribution >= 0.6 is 0 Å². The second-order valence-electron chi connectivity index (χ2n) is 5.41. The summed E-state index contributed by atoms with van der Waals surface area (Å²) in [6.45, 7) is -0.115. The highest BCUT2D eigenvalue weighted by atomic mass is 32.2. The van der Waals surface area contributed by atoms with Crippen molar-refractivity contribution in [1.82, 2.24) is 9.78 Å². The van der Waals surface area contributed by atoms with Crippen LogP contribution in [0.25, 0.3) is 11.1 Å². The Labute approximate surface area is 145 Å². The summed E-state index contributed by atoms with van der Waals surface area (Å²) in [4.78, 5) is 11.9. The number of carbonyl (C=O) groups is 1. The quantitative estimate of drug-likeness (QED) is 0.727. The number of nitrogens with zero attached hydrogens (tertiary/aromatic N) is 2. The maximum absolute atomic E-state index is 12.0. The number of primary sulfonamides is 1. The second kappa shape index (κ2) is 6.88. The number of hydrogen-bond donors (Lipinski definition) is 2. The fourth-order valence-electron chi connectivity index (χ4n) is 2.30. The topological polar surface area (TPSA) is 107 Å². The van der Waals surface area contributed by atoms with E-state index in [4.69, 9.17) is 5.14 Å². The molecule has 1 aromatic heterocycles. The van der Waals surface area contributed by atoms with Gasteiger partial charge < -0.3 is 5.32 Å². The fourth-order valence-corrected chi connectivity index (χ4v) is 2.76. The molecule has 0 aliphatic carbocycles. The summed E-state index contributed by atoms with van der Waals surface area (Å²) < 4.78 is 23.6. The molecule has 0 unspecified atom stereocenters. The van der Waals surface area contributed by atoms with Crippen molar-refractivity contribution in [2.24, 2.45) is 5.14 Å². The van der Waals surface area contributed by atoms with E-state index < -0.39 is 10.0 Å². The molecule has 1 amide bonds. The molecule has 0 atom stereocenters. The molecule has 8 heteroatoms. The van der Waals surface area contributed by atoms with Gasteiger partial charge in [0.05, 0.1) is 6.20 Å². The van der Waals surface area contributed by atoms with E-state index in [1.54, 1.807) is 12.1 Å². The highest BCUT2D eigenvalue weighted by Gasteiger charge is 2.12. The third-order valence-electron chi connectivity index (χ3n) is 3.52. The summed E-state index contributed by atoms with van der Waals surface area (Å²) in [6, 6.07) is 17.3. The van der Waals surface area contributed by atoms with Crippen LogP contribution in [0.3, 0.4) is 0 Å². The molecule has 0 fully saturated rings. The Morgan fingerprint density at radius 3 is 2.28 bits per heavy atom. The van der Waals surface area contributed by atoms with Crippen molar-refractivity contribution in [3.8, 4) is 11.1 Å². The van der Waals surface area contributed by atoms with Crippen molar-refractivity contribution < 1.29 is 13.2 Å². The van der Waals surface area contributed by atoms with Crippen LogP contribution in [0.4, 0.5) is 5.69 Å². The molecule has 3 aromatic rings. The first-order valence-electron chi connectivity index (χ1n) is 7.42. The van der Waals surface area contributed by atoms with Gasteiger partial charge >= 0.3 is 0 Å². The number of rotatable bonds is 5. The predicted octanol–water partition coefficient (Wildman–Crippen LogP) is 1.84. The Morgan fingerprint density at radius 2 is 1.68 bits per heavy atom. The Morgan fingerprint density at radius 1 is 1.04 bits per heavy atom. The van der Waals surface area contributed by atoms with E-state index in [1.807, 2.05) is 42.5 Å². The lowest BCUT2D eigenvalue weighted by molar-refractivity contribution is -0.116. The number of amides is 1. The van der Waals surface area contributed by atoms with Crippen LogP contribution in [0.15, 0.2) is 71.9 Å². The lowest BCUT2D eigenvalue weighted by atomic mass is 10.1. The van der Waals surface area contributed by atoms with Crippen LogP contribution in [-0.2, 0) is 21.4 Å². The largest absolute Gasteiger partial charge is 0.324 e. The Kier molecular flexibility index (Phi) is 4.64. The molecule has 128 valence electrons. The van der Waals surface area contributed by atoms with E-state index in [0.29, 0.717) is 5.69 Å². The van der Waals surface area contributed by atoms with Crippen LogP contribution < -0.4 is 10.5 Å². The van der Waals surface area contributed by atoms with Gasteiger partial charge in [0, 0.05) is 11.9 Å². The fraction of sp³-hybridized carbons (Fsp3) is 0.0588. The monoisotopic (exact) mass is 356 g/mol. The van der Waals surface area contributed by atoms with Gasteiger partial charge in [0.15, 0.2) is 0 Å². The van der Waals surface area contributed by atoms with Gasteiger partial charge in [0.2, 0.25) is 15.9 Å². The molecule has 3 N–H and O–H groups in total. The van der Waals surface area contributed by atoms with E-state index in [1.165, 1.54) is 10.9 Å².